The van der Waals surface area contributed by atoms with E-state index >= 15 is 0 Å². The van der Waals surface area contributed by atoms with E-state index in [0.29, 0.717) is 17.9 Å². The van der Waals surface area contributed by atoms with E-state index in [1.165, 1.54) is 8.61 Å². The van der Waals surface area contributed by atoms with Crippen molar-refractivity contribution in [2.24, 2.45) is 7.05 Å². The van der Waals surface area contributed by atoms with Gasteiger partial charge in [0, 0.05) is 33.9 Å². The molecule has 0 amide bonds. The van der Waals surface area contributed by atoms with Crippen molar-refractivity contribution in [2.45, 2.75) is 18.9 Å². The lowest BCUT2D eigenvalue weighted by atomic mass is 10.1. The summed E-state index contributed by atoms with van der Waals surface area (Å²) in [7, 11) is 1.46. The van der Waals surface area contributed by atoms with Crippen molar-refractivity contribution in [2.75, 3.05) is 20.6 Å². The van der Waals surface area contributed by atoms with Gasteiger partial charge >= 0.3 is 0 Å². The summed E-state index contributed by atoms with van der Waals surface area (Å²) in [6.07, 6.45) is 6.57. The van der Waals surface area contributed by atoms with Crippen molar-refractivity contribution in [1.82, 2.24) is 28.4 Å². The van der Waals surface area contributed by atoms with Crippen LogP contribution in [0.1, 0.15) is 24.6 Å². The highest BCUT2D eigenvalue weighted by Gasteiger charge is 2.37. The summed E-state index contributed by atoms with van der Waals surface area (Å²) in [5.41, 5.74) is 2.21. The Balaban J connectivity index is 1.97. The van der Waals surface area contributed by atoms with Crippen LogP contribution in [0.2, 0.25) is 0 Å². The molecular weight excluding hydrogens is 316 g/mol. The second kappa shape index (κ2) is 5.99. The lowest BCUT2D eigenvalue weighted by Gasteiger charge is -2.26. The van der Waals surface area contributed by atoms with E-state index in [0.717, 1.165) is 18.5 Å². The smallest absolute Gasteiger partial charge is 0.266 e. The fraction of sp³-hybridized carbons (Fsp3) is 0.500. The molecule has 0 spiro atoms. The van der Waals surface area contributed by atoms with E-state index in [1.807, 2.05) is 13.1 Å². The Morgan fingerprint density at radius 1 is 1.30 bits per heavy atom. The van der Waals surface area contributed by atoms with E-state index in [1.54, 1.807) is 37.4 Å². The Labute approximate surface area is 135 Å². The summed E-state index contributed by atoms with van der Waals surface area (Å²) in [4.78, 5) is 8.88. The summed E-state index contributed by atoms with van der Waals surface area (Å²) in [6, 6.07) is 1.58. The largest absolute Gasteiger partial charge is 0.282 e. The van der Waals surface area contributed by atoms with Crippen molar-refractivity contribution < 1.29 is 8.42 Å². The Morgan fingerprint density at radius 2 is 2.09 bits per heavy atom. The number of nitrogens with zero attached hydrogens (tertiary/aromatic N) is 6. The first-order valence-electron chi connectivity index (χ1n) is 7.41. The third-order valence-electron chi connectivity index (χ3n) is 4.04. The zero-order valence-corrected chi connectivity index (χ0v) is 14.2. The lowest BCUT2D eigenvalue weighted by molar-refractivity contribution is 0.357. The SMILES string of the molecule is CN(C)S(=O)(=O)N1CCC[C@H]1c1cncc(-c2ccnn2C)n1. The van der Waals surface area contributed by atoms with E-state index in [4.69, 9.17) is 0 Å². The number of hydrogen-bond donors (Lipinski definition) is 0. The molecule has 0 radical (unpaired) electrons. The molecule has 1 fully saturated rings. The van der Waals surface area contributed by atoms with Crippen LogP contribution in [0.15, 0.2) is 24.7 Å². The third-order valence-corrected chi connectivity index (χ3v) is 5.99. The topological polar surface area (TPSA) is 84.2 Å². The molecule has 0 aromatic carbocycles. The molecule has 3 heterocycles. The Bertz CT molecular complexity index is 801. The molecule has 8 nitrogen and oxygen atoms in total. The second-order valence-corrected chi connectivity index (χ2v) is 7.82. The number of hydrogen-bond acceptors (Lipinski definition) is 5. The van der Waals surface area contributed by atoms with Crippen LogP contribution >= 0.6 is 0 Å². The first-order chi connectivity index (χ1) is 10.9. The van der Waals surface area contributed by atoms with E-state index in [9.17, 15) is 8.42 Å². The monoisotopic (exact) mass is 336 g/mol. The zero-order chi connectivity index (χ0) is 16.6. The zero-order valence-electron chi connectivity index (χ0n) is 13.4. The predicted molar refractivity (Wildman–Crippen MR) is 85.5 cm³/mol. The van der Waals surface area contributed by atoms with Gasteiger partial charge in [0.15, 0.2) is 0 Å². The summed E-state index contributed by atoms with van der Waals surface area (Å²) in [5, 5.41) is 4.13. The minimum Gasteiger partial charge on any atom is -0.266 e. The molecule has 1 aliphatic heterocycles. The van der Waals surface area contributed by atoms with Crippen molar-refractivity contribution in [3.8, 4) is 11.4 Å². The van der Waals surface area contributed by atoms with Gasteiger partial charge in [-0.2, -0.15) is 22.1 Å². The molecule has 0 saturated carbocycles. The van der Waals surface area contributed by atoms with Crippen molar-refractivity contribution in [1.29, 1.82) is 0 Å². The van der Waals surface area contributed by atoms with Crippen molar-refractivity contribution in [3.63, 3.8) is 0 Å². The fourth-order valence-corrected chi connectivity index (χ4v) is 4.13. The third kappa shape index (κ3) is 2.87. The number of aryl methyl sites for hydroxylation is 1. The average Bonchev–Trinajstić information content (AvgIpc) is 3.16. The van der Waals surface area contributed by atoms with Gasteiger partial charge in [-0.1, -0.05) is 0 Å². The van der Waals surface area contributed by atoms with Gasteiger partial charge in [-0.3, -0.25) is 9.67 Å². The molecule has 2 aromatic rings. The minimum atomic E-state index is -3.47. The van der Waals surface area contributed by atoms with Crippen LogP contribution in [0.4, 0.5) is 0 Å². The van der Waals surface area contributed by atoms with Gasteiger partial charge in [-0.25, -0.2) is 4.98 Å². The molecule has 124 valence electrons. The number of aromatic nitrogens is 4. The average molecular weight is 336 g/mol. The van der Waals surface area contributed by atoms with Crippen LogP contribution in [0, 0.1) is 0 Å². The van der Waals surface area contributed by atoms with Gasteiger partial charge < -0.3 is 0 Å². The summed E-state index contributed by atoms with van der Waals surface area (Å²) < 4.78 is 29.4. The van der Waals surface area contributed by atoms with Gasteiger partial charge in [0.05, 0.1) is 29.8 Å². The molecule has 0 aliphatic carbocycles. The van der Waals surface area contributed by atoms with Gasteiger partial charge in [0.25, 0.3) is 10.2 Å². The highest BCUT2D eigenvalue weighted by molar-refractivity contribution is 7.86. The van der Waals surface area contributed by atoms with Crippen molar-refractivity contribution >= 4 is 10.2 Å². The molecule has 3 rings (SSSR count). The maximum absolute atomic E-state index is 12.5. The van der Waals surface area contributed by atoms with Crippen LogP contribution in [-0.4, -0.2) is 57.4 Å². The Hall–Kier alpha value is -1.84. The number of rotatable bonds is 4. The standard InChI is InChI=1S/C14H20N6O2S/c1-18(2)23(21,22)20-8-4-5-14(20)12-10-15-9-11(17-12)13-6-7-16-19(13)3/h6-7,9-10,14H,4-5,8H2,1-3H3/t14-/m0/s1. The fourth-order valence-electron chi connectivity index (χ4n) is 2.81. The van der Waals surface area contributed by atoms with E-state index in [2.05, 4.69) is 15.1 Å². The second-order valence-electron chi connectivity index (χ2n) is 5.73. The molecule has 23 heavy (non-hydrogen) atoms. The van der Waals surface area contributed by atoms with Gasteiger partial charge in [-0.05, 0) is 18.9 Å². The summed E-state index contributed by atoms with van der Waals surface area (Å²) in [5.74, 6) is 0. The lowest BCUT2D eigenvalue weighted by Crippen LogP contribution is -2.39. The van der Waals surface area contributed by atoms with Gasteiger partial charge in [0.1, 0.15) is 5.69 Å². The van der Waals surface area contributed by atoms with E-state index < -0.39 is 10.2 Å². The highest BCUT2D eigenvalue weighted by atomic mass is 32.2. The molecular formula is C14H20N6O2S. The van der Waals surface area contributed by atoms with E-state index in [-0.39, 0.29) is 6.04 Å². The summed E-state index contributed by atoms with van der Waals surface area (Å²) in [6.45, 7) is 0.503. The van der Waals surface area contributed by atoms with Crippen molar-refractivity contribution in [3.05, 3.63) is 30.4 Å². The molecule has 0 unspecified atom stereocenters. The molecule has 1 saturated heterocycles. The first kappa shape index (κ1) is 16.0. The van der Waals surface area contributed by atoms with Crippen LogP contribution in [0.5, 0.6) is 0 Å². The van der Waals surface area contributed by atoms with Gasteiger partial charge in [-0.15, -0.1) is 0 Å². The Kier molecular flexibility index (Phi) is 4.17. The van der Waals surface area contributed by atoms with Gasteiger partial charge in [0.2, 0.25) is 0 Å². The summed E-state index contributed by atoms with van der Waals surface area (Å²) >= 11 is 0. The molecule has 2 aromatic heterocycles. The van der Waals surface area contributed by atoms with Crippen LogP contribution < -0.4 is 0 Å². The molecule has 9 heteroatoms. The normalized spacial score (nSPS) is 19.6. The first-order valence-corrected chi connectivity index (χ1v) is 8.80. The predicted octanol–water partition coefficient (Wildman–Crippen LogP) is 0.820. The maximum Gasteiger partial charge on any atom is 0.282 e. The van der Waals surface area contributed by atoms with Crippen LogP contribution in [0.25, 0.3) is 11.4 Å². The van der Waals surface area contributed by atoms with Crippen LogP contribution in [0.3, 0.4) is 0 Å². The Morgan fingerprint density at radius 3 is 2.74 bits per heavy atom. The molecule has 0 N–H and O–H groups in total. The quantitative estimate of drug-likeness (QED) is 0.825. The highest BCUT2D eigenvalue weighted by Crippen LogP contribution is 2.34. The molecule has 0 bridgehead atoms. The minimum absolute atomic E-state index is 0.275. The molecule has 1 aliphatic rings. The maximum atomic E-state index is 12.5. The molecule has 1 atom stereocenters. The van der Waals surface area contributed by atoms with Crippen LogP contribution in [-0.2, 0) is 17.3 Å².